The lowest BCUT2D eigenvalue weighted by molar-refractivity contribution is -0.130. The molecule has 2 heterocycles. The third kappa shape index (κ3) is 3.73. The van der Waals surface area contributed by atoms with Gasteiger partial charge >= 0.3 is 0 Å². The molecule has 0 N–H and O–H groups in total. The van der Waals surface area contributed by atoms with E-state index in [9.17, 15) is 4.79 Å². The molecule has 22 heavy (non-hydrogen) atoms. The lowest BCUT2D eigenvalue weighted by Gasteiger charge is -2.18. The summed E-state index contributed by atoms with van der Waals surface area (Å²) in [6, 6.07) is 0. The van der Waals surface area contributed by atoms with E-state index in [1.807, 2.05) is 24.9 Å². The van der Waals surface area contributed by atoms with Gasteiger partial charge in [0.15, 0.2) is 5.66 Å². The van der Waals surface area contributed by atoms with E-state index >= 15 is 0 Å². The highest BCUT2D eigenvalue weighted by Crippen LogP contribution is 2.37. The molecule has 0 fully saturated rings. The Morgan fingerprint density at radius 3 is 2.73 bits per heavy atom. The van der Waals surface area contributed by atoms with Crippen LogP contribution in [0.2, 0.25) is 0 Å². The molecule has 1 amide bonds. The highest BCUT2D eigenvalue weighted by Gasteiger charge is 2.39. The molecule has 0 radical (unpaired) electrons. The quantitative estimate of drug-likeness (QED) is 0.693. The molecule has 0 atom stereocenters. The van der Waals surface area contributed by atoms with E-state index in [4.69, 9.17) is 6.42 Å². The molecular formula is C16H23N5O. The standard InChI is InChI=1S/C16H23N5O/c1-5-7-9-16(18-19-16)10-8-15(22)20(4)12-14-11-17-21(6-2)13(14)3/h1,11H,6-10,12H2,2-4H3. The van der Waals surface area contributed by atoms with E-state index in [1.165, 1.54) is 0 Å². The number of hydrogen-bond donors (Lipinski definition) is 0. The largest absolute Gasteiger partial charge is 0.341 e. The zero-order valence-corrected chi connectivity index (χ0v) is 13.5. The second kappa shape index (κ2) is 6.73. The van der Waals surface area contributed by atoms with Gasteiger partial charge in [-0.2, -0.15) is 15.3 Å². The molecule has 1 aromatic rings. The number of hydrogen-bond acceptors (Lipinski definition) is 4. The van der Waals surface area contributed by atoms with Crippen LogP contribution in [0.4, 0.5) is 0 Å². The highest BCUT2D eigenvalue weighted by atomic mass is 16.2. The minimum absolute atomic E-state index is 0.0982. The molecule has 0 aliphatic carbocycles. The van der Waals surface area contributed by atoms with Crippen molar-refractivity contribution in [3.63, 3.8) is 0 Å². The van der Waals surface area contributed by atoms with Gasteiger partial charge in [-0.1, -0.05) is 0 Å². The third-order valence-corrected chi connectivity index (χ3v) is 4.13. The molecule has 1 aromatic heterocycles. The maximum atomic E-state index is 12.3. The van der Waals surface area contributed by atoms with Crippen molar-refractivity contribution in [1.29, 1.82) is 0 Å². The second-order valence-corrected chi connectivity index (χ2v) is 5.71. The smallest absolute Gasteiger partial charge is 0.222 e. The minimum Gasteiger partial charge on any atom is -0.341 e. The van der Waals surface area contributed by atoms with Crippen molar-refractivity contribution in [2.75, 3.05) is 7.05 Å². The van der Waals surface area contributed by atoms with Crippen LogP contribution in [0.5, 0.6) is 0 Å². The zero-order chi connectivity index (χ0) is 16.2. The van der Waals surface area contributed by atoms with Gasteiger partial charge < -0.3 is 4.90 Å². The van der Waals surface area contributed by atoms with Crippen molar-refractivity contribution >= 4 is 5.91 Å². The summed E-state index contributed by atoms with van der Waals surface area (Å²) >= 11 is 0. The van der Waals surface area contributed by atoms with Gasteiger partial charge in [-0.3, -0.25) is 9.48 Å². The van der Waals surface area contributed by atoms with Crippen LogP contribution in [0.25, 0.3) is 0 Å². The van der Waals surface area contributed by atoms with Crippen molar-refractivity contribution in [3.8, 4) is 12.3 Å². The first-order valence-electron chi connectivity index (χ1n) is 7.64. The fourth-order valence-electron chi connectivity index (χ4n) is 2.47. The first kappa shape index (κ1) is 16.2. The van der Waals surface area contributed by atoms with E-state index in [1.54, 1.807) is 4.90 Å². The van der Waals surface area contributed by atoms with Crippen molar-refractivity contribution in [1.82, 2.24) is 14.7 Å². The van der Waals surface area contributed by atoms with Crippen LogP contribution in [0.3, 0.4) is 0 Å². The number of amides is 1. The number of aryl methyl sites for hydroxylation is 1. The van der Waals surface area contributed by atoms with Gasteiger partial charge in [-0.05, 0) is 13.8 Å². The van der Waals surface area contributed by atoms with Gasteiger partial charge in [0.2, 0.25) is 5.91 Å². The molecule has 0 bridgehead atoms. The van der Waals surface area contributed by atoms with E-state index in [0.717, 1.165) is 24.2 Å². The van der Waals surface area contributed by atoms with E-state index in [0.29, 0.717) is 25.8 Å². The predicted octanol–water partition coefficient (Wildman–Crippen LogP) is 2.53. The Labute approximate surface area is 131 Å². The molecule has 0 saturated heterocycles. The number of carbonyl (C=O) groups excluding carboxylic acids is 1. The van der Waals surface area contributed by atoms with E-state index in [2.05, 4.69) is 28.2 Å². The second-order valence-electron chi connectivity index (χ2n) is 5.71. The lowest BCUT2D eigenvalue weighted by atomic mass is 10.0. The van der Waals surface area contributed by atoms with Crippen molar-refractivity contribution in [2.24, 2.45) is 10.2 Å². The molecule has 0 spiro atoms. The van der Waals surface area contributed by atoms with E-state index < -0.39 is 0 Å². The molecule has 118 valence electrons. The Morgan fingerprint density at radius 2 is 2.18 bits per heavy atom. The van der Waals surface area contributed by atoms with Crippen molar-refractivity contribution in [3.05, 3.63) is 17.5 Å². The Hall–Kier alpha value is -2.16. The number of nitrogens with zero attached hydrogens (tertiary/aromatic N) is 5. The first-order valence-corrected chi connectivity index (χ1v) is 7.64. The number of aromatic nitrogens is 2. The van der Waals surface area contributed by atoms with Crippen LogP contribution < -0.4 is 0 Å². The molecule has 0 saturated carbocycles. The summed E-state index contributed by atoms with van der Waals surface area (Å²) in [6.07, 6.45) is 9.57. The average molecular weight is 301 g/mol. The van der Waals surface area contributed by atoms with Gasteiger partial charge in [0.25, 0.3) is 0 Å². The third-order valence-electron chi connectivity index (χ3n) is 4.13. The summed E-state index contributed by atoms with van der Waals surface area (Å²) in [7, 11) is 1.82. The van der Waals surface area contributed by atoms with Crippen molar-refractivity contribution < 1.29 is 4.79 Å². The Kier molecular flexibility index (Phi) is 4.96. The van der Waals surface area contributed by atoms with Crippen LogP contribution >= 0.6 is 0 Å². The highest BCUT2D eigenvalue weighted by molar-refractivity contribution is 5.76. The maximum Gasteiger partial charge on any atom is 0.222 e. The van der Waals surface area contributed by atoms with Crippen LogP contribution in [0, 0.1) is 19.3 Å². The van der Waals surface area contributed by atoms with Gasteiger partial charge in [0.05, 0.1) is 6.20 Å². The minimum atomic E-state index is -0.383. The molecule has 1 aliphatic heterocycles. The maximum absolute atomic E-state index is 12.3. The van der Waals surface area contributed by atoms with Crippen LogP contribution in [-0.4, -0.2) is 33.3 Å². The fraction of sp³-hybridized carbons (Fsp3) is 0.625. The summed E-state index contributed by atoms with van der Waals surface area (Å²) in [4.78, 5) is 14.0. The van der Waals surface area contributed by atoms with Gasteiger partial charge in [-0.25, -0.2) is 0 Å². The summed E-state index contributed by atoms with van der Waals surface area (Å²) in [5.74, 6) is 2.69. The number of carbonyl (C=O) groups is 1. The summed E-state index contributed by atoms with van der Waals surface area (Å²) < 4.78 is 1.93. The number of terminal acetylenes is 1. The first-order chi connectivity index (χ1) is 10.5. The van der Waals surface area contributed by atoms with Crippen LogP contribution in [-0.2, 0) is 17.9 Å². The zero-order valence-electron chi connectivity index (χ0n) is 13.5. The van der Waals surface area contributed by atoms with Gasteiger partial charge in [-0.15, -0.1) is 12.3 Å². The Balaban J connectivity index is 1.82. The number of rotatable bonds is 8. The van der Waals surface area contributed by atoms with Crippen molar-refractivity contribution in [2.45, 2.75) is 58.3 Å². The lowest BCUT2D eigenvalue weighted by Crippen LogP contribution is -2.27. The average Bonchev–Trinajstić information content (AvgIpc) is 3.21. The molecule has 6 nitrogen and oxygen atoms in total. The molecule has 0 unspecified atom stereocenters. The monoisotopic (exact) mass is 301 g/mol. The predicted molar refractivity (Wildman–Crippen MR) is 84.0 cm³/mol. The molecule has 1 aliphatic rings. The summed E-state index contributed by atoms with van der Waals surface area (Å²) in [5.41, 5.74) is 1.81. The summed E-state index contributed by atoms with van der Waals surface area (Å²) in [5, 5.41) is 12.4. The normalized spacial score (nSPS) is 14.6. The molecule has 2 rings (SSSR count). The topological polar surface area (TPSA) is 62.9 Å². The molecular weight excluding hydrogens is 278 g/mol. The van der Waals surface area contributed by atoms with Crippen LogP contribution in [0.15, 0.2) is 16.4 Å². The Bertz CT molecular complexity index is 605. The van der Waals surface area contributed by atoms with Gasteiger partial charge in [0.1, 0.15) is 0 Å². The Morgan fingerprint density at radius 1 is 1.45 bits per heavy atom. The van der Waals surface area contributed by atoms with E-state index in [-0.39, 0.29) is 11.6 Å². The fourth-order valence-corrected chi connectivity index (χ4v) is 2.47. The SMILES string of the molecule is C#CCCC1(CCC(=O)N(C)Cc2cnn(CC)c2C)N=N1. The molecule has 6 heteroatoms. The van der Waals surface area contributed by atoms with Gasteiger partial charge in [0, 0.05) is 57.1 Å². The summed E-state index contributed by atoms with van der Waals surface area (Å²) in [6.45, 7) is 5.50. The van der Waals surface area contributed by atoms with Crippen LogP contribution in [0.1, 0.15) is 43.9 Å². The molecule has 0 aromatic carbocycles.